The van der Waals surface area contributed by atoms with Crippen molar-refractivity contribution in [2.75, 3.05) is 79.6 Å². The lowest BCUT2D eigenvalue weighted by Gasteiger charge is -2.34. The molecular weight excluding hydrogens is 400 g/mol. The Labute approximate surface area is 195 Å². The number of likely N-dealkylation sites (tertiary alicyclic amines) is 1. The zero-order chi connectivity index (χ0) is 22.6. The summed E-state index contributed by atoms with van der Waals surface area (Å²) in [5.74, 6) is 1.83. The van der Waals surface area contributed by atoms with Crippen molar-refractivity contribution in [1.82, 2.24) is 25.3 Å². The van der Waals surface area contributed by atoms with Crippen LogP contribution < -0.4 is 15.4 Å². The first-order valence-electron chi connectivity index (χ1n) is 12.5. The van der Waals surface area contributed by atoms with Crippen LogP contribution in [-0.4, -0.2) is 100 Å². The van der Waals surface area contributed by atoms with Gasteiger partial charge in [0.1, 0.15) is 5.75 Å². The minimum absolute atomic E-state index is 0.304. The van der Waals surface area contributed by atoms with E-state index in [-0.39, 0.29) is 0 Å². The van der Waals surface area contributed by atoms with Gasteiger partial charge in [0.25, 0.3) is 0 Å². The molecule has 0 aromatic heterocycles. The zero-order valence-corrected chi connectivity index (χ0v) is 20.5. The maximum Gasteiger partial charge on any atom is 0.191 e. The minimum atomic E-state index is 0.304. The molecular formula is C25H44N6O. The summed E-state index contributed by atoms with van der Waals surface area (Å²) in [6.07, 6.45) is 5.15. The maximum absolute atomic E-state index is 5.36. The number of piperidine rings is 1. The predicted octanol–water partition coefficient (Wildman–Crippen LogP) is 2.41. The van der Waals surface area contributed by atoms with Crippen LogP contribution in [0.4, 0.5) is 0 Å². The van der Waals surface area contributed by atoms with Gasteiger partial charge in [0.2, 0.25) is 0 Å². The minimum Gasteiger partial charge on any atom is -0.497 e. The molecule has 2 N–H and O–H groups in total. The predicted molar refractivity (Wildman–Crippen MR) is 134 cm³/mol. The lowest BCUT2D eigenvalue weighted by atomic mass is 10.0. The molecule has 0 radical (unpaired) electrons. The van der Waals surface area contributed by atoms with E-state index in [1.807, 2.05) is 0 Å². The molecule has 0 saturated carbocycles. The van der Waals surface area contributed by atoms with E-state index in [1.165, 1.54) is 44.3 Å². The number of benzene rings is 1. The van der Waals surface area contributed by atoms with Gasteiger partial charge in [-0.15, -0.1) is 0 Å². The highest BCUT2D eigenvalue weighted by Crippen LogP contribution is 2.26. The zero-order valence-electron chi connectivity index (χ0n) is 20.5. The summed E-state index contributed by atoms with van der Waals surface area (Å²) in [4.78, 5) is 12.6. The molecule has 1 unspecified atom stereocenters. The van der Waals surface area contributed by atoms with Gasteiger partial charge in [-0.05, 0) is 77.1 Å². The second kappa shape index (κ2) is 13.7. The Morgan fingerprint density at radius 1 is 0.969 bits per heavy atom. The molecule has 180 valence electrons. The fraction of sp³-hybridized carbons (Fsp3) is 0.720. The molecule has 32 heavy (non-hydrogen) atoms. The molecule has 7 nitrogen and oxygen atoms in total. The first kappa shape index (κ1) is 24.8. The summed E-state index contributed by atoms with van der Waals surface area (Å²) >= 11 is 0. The molecule has 0 bridgehead atoms. The number of aliphatic imine (C=N–C) groups is 1. The van der Waals surface area contributed by atoms with E-state index in [9.17, 15) is 0 Å². The van der Waals surface area contributed by atoms with E-state index >= 15 is 0 Å². The number of nitrogens with one attached hydrogen (secondary N) is 2. The number of hydrogen-bond acceptors (Lipinski definition) is 5. The lowest BCUT2D eigenvalue weighted by Crippen LogP contribution is -2.43. The third-order valence-electron chi connectivity index (χ3n) is 6.63. The van der Waals surface area contributed by atoms with E-state index in [4.69, 9.17) is 9.73 Å². The van der Waals surface area contributed by atoms with Crippen molar-refractivity contribution in [3.8, 4) is 5.75 Å². The van der Waals surface area contributed by atoms with E-state index in [1.54, 1.807) is 7.11 Å². The molecule has 2 saturated heterocycles. The number of nitrogens with zero attached hydrogens (tertiary/aromatic N) is 4. The van der Waals surface area contributed by atoms with Crippen LogP contribution >= 0.6 is 0 Å². The normalized spacial score (nSPS) is 20.5. The molecule has 1 aromatic carbocycles. The number of likely N-dealkylation sites (N-methyl/N-ethyl adjacent to an activating group) is 1. The van der Waals surface area contributed by atoms with Crippen molar-refractivity contribution in [1.29, 1.82) is 0 Å². The molecule has 2 heterocycles. The monoisotopic (exact) mass is 444 g/mol. The number of hydrogen-bond donors (Lipinski definition) is 2. The molecule has 2 aliphatic heterocycles. The summed E-state index contributed by atoms with van der Waals surface area (Å²) in [7, 11) is 3.94. The Hall–Kier alpha value is -1.83. The van der Waals surface area contributed by atoms with Crippen molar-refractivity contribution in [3.63, 3.8) is 0 Å². The van der Waals surface area contributed by atoms with Gasteiger partial charge in [-0.1, -0.05) is 18.6 Å². The third-order valence-corrected chi connectivity index (χ3v) is 6.63. The third kappa shape index (κ3) is 7.94. The number of rotatable bonds is 9. The summed E-state index contributed by atoms with van der Waals surface area (Å²) in [6, 6.07) is 8.84. The first-order valence-corrected chi connectivity index (χ1v) is 12.5. The summed E-state index contributed by atoms with van der Waals surface area (Å²) < 4.78 is 5.36. The largest absolute Gasteiger partial charge is 0.497 e. The smallest absolute Gasteiger partial charge is 0.191 e. The van der Waals surface area contributed by atoms with Gasteiger partial charge in [-0.2, -0.15) is 0 Å². The fourth-order valence-electron chi connectivity index (χ4n) is 4.66. The highest BCUT2D eigenvalue weighted by atomic mass is 16.5. The molecule has 0 aliphatic carbocycles. The average Bonchev–Trinajstić information content (AvgIpc) is 3.04. The van der Waals surface area contributed by atoms with Crippen LogP contribution in [0.25, 0.3) is 0 Å². The molecule has 0 amide bonds. The standard InChI is InChI=1S/C25H44N6O/c1-4-26-25(27-13-18-30-15-8-14-29(2)19-20-30)28-21-24(31-16-6-5-7-17-31)22-9-11-23(32-3)12-10-22/h9-12,24H,4-8,13-21H2,1-3H3,(H2,26,27,28). The van der Waals surface area contributed by atoms with E-state index in [0.717, 1.165) is 64.1 Å². The molecule has 2 aliphatic rings. The molecule has 1 aromatic rings. The van der Waals surface area contributed by atoms with Crippen LogP contribution in [0.5, 0.6) is 5.75 Å². The molecule has 3 rings (SSSR count). The van der Waals surface area contributed by atoms with Crippen LogP contribution in [0.1, 0.15) is 44.2 Å². The second-order valence-electron chi connectivity index (χ2n) is 9.03. The van der Waals surface area contributed by atoms with Gasteiger partial charge in [0.15, 0.2) is 5.96 Å². The van der Waals surface area contributed by atoms with Gasteiger partial charge < -0.3 is 25.2 Å². The number of guanidine groups is 1. The van der Waals surface area contributed by atoms with Gasteiger partial charge in [-0.3, -0.25) is 9.89 Å². The Morgan fingerprint density at radius 3 is 2.47 bits per heavy atom. The highest BCUT2D eigenvalue weighted by molar-refractivity contribution is 5.79. The molecule has 2 fully saturated rings. The highest BCUT2D eigenvalue weighted by Gasteiger charge is 2.22. The van der Waals surface area contributed by atoms with Gasteiger partial charge in [-0.25, -0.2) is 0 Å². The van der Waals surface area contributed by atoms with Crippen LogP contribution in [0.3, 0.4) is 0 Å². The molecule has 0 spiro atoms. The topological polar surface area (TPSA) is 55.4 Å². The Balaban J connectivity index is 1.60. The number of ether oxygens (including phenoxy) is 1. The number of methoxy groups -OCH3 is 1. The quantitative estimate of drug-likeness (QED) is 0.451. The second-order valence-corrected chi connectivity index (χ2v) is 9.03. The van der Waals surface area contributed by atoms with Gasteiger partial charge in [0.05, 0.1) is 19.7 Å². The van der Waals surface area contributed by atoms with Gasteiger partial charge >= 0.3 is 0 Å². The van der Waals surface area contributed by atoms with Crippen molar-refractivity contribution in [3.05, 3.63) is 29.8 Å². The van der Waals surface area contributed by atoms with Crippen LogP contribution in [0.15, 0.2) is 29.3 Å². The van der Waals surface area contributed by atoms with Crippen LogP contribution in [-0.2, 0) is 0 Å². The maximum atomic E-state index is 5.36. The van der Waals surface area contributed by atoms with Gasteiger partial charge in [0, 0.05) is 32.7 Å². The summed E-state index contributed by atoms with van der Waals surface area (Å²) in [5, 5.41) is 7.01. The van der Waals surface area contributed by atoms with Crippen molar-refractivity contribution >= 4 is 5.96 Å². The molecule has 7 heteroatoms. The first-order chi connectivity index (χ1) is 15.7. The Kier molecular flexibility index (Phi) is 10.6. The van der Waals surface area contributed by atoms with E-state index < -0.39 is 0 Å². The van der Waals surface area contributed by atoms with Crippen molar-refractivity contribution in [2.24, 2.45) is 4.99 Å². The van der Waals surface area contributed by atoms with Crippen LogP contribution in [0, 0.1) is 0 Å². The Bertz CT molecular complexity index is 674. The van der Waals surface area contributed by atoms with Crippen molar-refractivity contribution < 1.29 is 4.74 Å². The van der Waals surface area contributed by atoms with Crippen molar-refractivity contribution in [2.45, 2.75) is 38.6 Å². The molecule has 1 atom stereocenters. The van der Waals surface area contributed by atoms with Crippen LogP contribution in [0.2, 0.25) is 0 Å². The van der Waals surface area contributed by atoms with E-state index in [0.29, 0.717) is 6.04 Å². The van der Waals surface area contributed by atoms with E-state index in [2.05, 4.69) is 63.6 Å². The summed E-state index contributed by atoms with van der Waals surface area (Å²) in [5.41, 5.74) is 1.32. The SMILES string of the molecule is CCNC(=NCC(c1ccc(OC)cc1)N1CCCCC1)NCCN1CCCN(C)CC1. The fourth-order valence-corrected chi connectivity index (χ4v) is 4.66. The average molecular weight is 445 g/mol. The lowest BCUT2D eigenvalue weighted by molar-refractivity contribution is 0.167. The Morgan fingerprint density at radius 2 is 1.75 bits per heavy atom. The summed E-state index contributed by atoms with van der Waals surface area (Å²) in [6.45, 7) is 12.8.